The summed E-state index contributed by atoms with van der Waals surface area (Å²) in [6.45, 7) is 4.90. The molecule has 10 heteroatoms. The van der Waals surface area contributed by atoms with E-state index >= 15 is 0 Å². The third-order valence-electron chi connectivity index (χ3n) is 3.68. The SMILES string of the molecule is CCCCNC(=O)c1sc(-c2ccc(NC(=O)NCC)nc2)nc1C(=O)NC. The van der Waals surface area contributed by atoms with Gasteiger partial charge in [-0.05, 0) is 25.5 Å². The van der Waals surface area contributed by atoms with Gasteiger partial charge in [0, 0.05) is 31.9 Å². The average Bonchev–Trinajstić information content (AvgIpc) is 3.14. The molecule has 0 bridgehead atoms. The number of amides is 4. The van der Waals surface area contributed by atoms with Crippen LogP contribution in [0.3, 0.4) is 0 Å². The molecule has 2 rings (SSSR count). The highest BCUT2D eigenvalue weighted by Crippen LogP contribution is 2.28. The first-order chi connectivity index (χ1) is 13.5. The standard InChI is InChI=1S/C18H24N6O3S/c1-4-6-9-21-16(26)14-13(15(25)19-3)24-17(28-14)11-7-8-12(22-10-11)23-18(27)20-5-2/h7-8,10H,4-6,9H2,1-3H3,(H,19,25)(H,21,26)(H2,20,22,23,27). The van der Waals surface area contributed by atoms with E-state index < -0.39 is 5.91 Å². The molecule has 2 aromatic rings. The van der Waals surface area contributed by atoms with Crippen molar-refractivity contribution in [3.05, 3.63) is 28.9 Å². The zero-order valence-electron chi connectivity index (χ0n) is 16.1. The van der Waals surface area contributed by atoms with Gasteiger partial charge in [-0.2, -0.15) is 0 Å². The Morgan fingerprint density at radius 1 is 1.11 bits per heavy atom. The minimum absolute atomic E-state index is 0.0843. The number of carbonyl (C=O) groups excluding carboxylic acids is 3. The van der Waals surface area contributed by atoms with Gasteiger partial charge < -0.3 is 16.0 Å². The van der Waals surface area contributed by atoms with Gasteiger partial charge in [-0.25, -0.2) is 14.8 Å². The number of hydrogen-bond acceptors (Lipinski definition) is 6. The number of thiazole rings is 1. The van der Waals surface area contributed by atoms with Crippen LogP contribution in [0.2, 0.25) is 0 Å². The molecule has 4 amide bonds. The van der Waals surface area contributed by atoms with E-state index in [1.807, 2.05) is 13.8 Å². The zero-order valence-corrected chi connectivity index (χ0v) is 16.9. The Balaban J connectivity index is 2.24. The van der Waals surface area contributed by atoms with Crippen LogP contribution in [0.1, 0.15) is 46.8 Å². The van der Waals surface area contributed by atoms with Crippen molar-refractivity contribution < 1.29 is 14.4 Å². The van der Waals surface area contributed by atoms with Gasteiger partial charge in [0.15, 0.2) is 5.69 Å². The lowest BCUT2D eigenvalue weighted by Gasteiger charge is -2.05. The van der Waals surface area contributed by atoms with E-state index in [1.165, 1.54) is 13.2 Å². The third-order valence-corrected chi connectivity index (χ3v) is 4.78. The van der Waals surface area contributed by atoms with Crippen LogP contribution >= 0.6 is 11.3 Å². The van der Waals surface area contributed by atoms with Gasteiger partial charge in [-0.1, -0.05) is 13.3 Å². The molecule has 9 nitrogen and oxygen atoms in total. The number of unbranched alkanes of at least 4 members (excludes halogenated alkanes) is 1. The Kier molecular flexibility index (Phi) is 7.88. The number of hydrogen-bond donors (Lipinski definition) is 4. The molecule has 0 aliphatic carbocycles. The van der Waals surface area contributed by atoms with E-state index in [9.17, 15) is 14.4 Å². The number of aromatic nitrogens is 2. The van der Waals surface area contributed by atoms with Crippen LogP contribution in [0, 0.1) is 0 Å². The quantitative estimate of drug-likeness (QED) is 0.502. The molecule has 0 aromatic carbocycles. The number of carbonyl (C=O) groups is 3. The largest absolute Gasteiger partial charge is 0.354 e. The summed E-state index contributed by atoms with van der Waals surface area (Å²) < 4.78 is 0. The van der Waals surface area contributed by atoms with Crippen molar-refractivity contribution >= 4 is 35.0 Å². The third kappa shape index (κ3) is 5.49. The normalized spacial score (nSPS) is 10.2. The monoisotopic (exact) mass is 404 g/mol. The predicted octanol–water partition coefficient (Wildman–Crippen LogP) is 2.24. The fraction of sp³-hybridized carbons (Fsp3) is 0.389. The van der Waals surface area contributed by atoms with Crippen molar-refractivity contribution in [2.75, 3.05) is 25.5 Å². The lowest BCUT2D eigenvalue weighted by atomic mass is 10.3. The fourth-order valence-electron chi connectivity index (χ4n) is 2.24. The Morgan fingerprint density at radius 2 is 1.89 bits per heavy atom. The number of urea groups is 1. The van der Waals surface area contributed by atoms with Crippen molar-refractivity contribution in [1.82, 2.24) is 25.9 Å². The Morgan fingerprint density at radius 3 is 2.50 bits per heavy atom. The highest BCUT2D eigenvalue weighted by Gasteiger charge is 2.23. The van der Waals surface area contributed by atoms with Crippen LogP contribution < -0.4 is 21.3 Å². The lowest BCUT2D eigenvalue weighted by molar-refractivity contribution is 0.0924. The Labute approximate surface area is 167 Å². The second kappa shape index (κ2) is 10.4. The van der Waals surface area contributed by atoms with E-state index in [2.05, 4.69) is 31.2 Å². The Hall–Kier alpha value is -3.01. The summed E-state index contributed by atoms with van der Waals surface area (Å²) in [7, 11) is 1.49. The van der Waals surface area contributed by atoms with Gasteiger partial charge in [0.2, 0.25) is 0 Å². The van der Waals surface area contributed by atoms with Crippen LogP contribution in [-0.4, -0.2) is 48.0 Å². The summed E-state index contributed by atoms with van der Waals surface area (Å²) in [6.07, 6.45) is 3.35. The van der Waals surface area contributed by atoms with Gasteiger partial charge in [-0.3, -0.25) is 14.9 Å². The summed E-state index contributed by atoms with van der Waals surface area (Å²) in [5.74, 6) is -0.362. The minimum Gasteiger partial charge on any atom is -0.354 e. The average molecular weight is 404 g/mol. The molecule has 0 saturated carbocycles. The summed E-state index contributed by atoms with van der Waals surface area (Å²) in [5.41, 5.74) is 0.727. The van der Waals surface area contributed by atoms with Crippen molar-refractivity contribution in [3.63, 3.8) is 0 Å². The second-order valence-electron chi connectivity index (χ2n) is 5.80. The van der Waals surface area contributed by atoms with Crippen molar-refractivity contribution in [2.45, 2.75) is 26.7 Å². The minimum atomic E-state index is -0.425. The molecule has 28 heavy (non-hydrogen) atoms. The number of rotatable bonds is 8. The zero-order chi connectivity index (χ0) is 20.5. The van der Waals surface area contributed by atoms with Crippen molar-refractivity contribution in [3.8, 4) is 10.6 Å². The molecule has 2 heterocycles. The summed E-state index contributed by atoms with van der Waals surface area (Å²) in [4.78, 5) is 44.9. The van der Waals surface area contributed by atoms with Gasteiger partial charge >= 0.3 is 6.03 Å². The topological polar surface area (TPSA) is 125 Å². The summed E-state index contributed by atoms with van der Waals surface area (Å²) >= 11 is 1.13. The number of anilines is 1. The van der Waals surface area contributed by atoms with Crippen LogP contribution in [0.15, 0.2) is 18.3 Å². The molecule has 0 aliphatic heterocycles. The highest BCUT2D eigenvalue weighted by atomic mass is 32.1. The van der Waals surface area contributed by atoms with E-state index in [-0.39, 0.29) is 22.5 Å². The predicted molar refractivity (Wildman–Crippen MR) is 109 cm³/mol. The first-order valence-electron chi connectivity index (χ1n) is 9.02. The van der Waals surface area contributed by atoms with Crippen LogP contribution in [0.4, 0.5) is 10.6 Å². The molecule has 0 unspecified atom stereocenters. The number of nitrogens with zero attached hydrogens (tertiary/aromatic N) is 2. The van der Waals surface area contributed by atoms with Gasteiger partial charge in [-0.15, -0.1) is 11.3 Å². The number of pyridine rings is 1. The molecule has 2 aromatic heterocycles. The lowest BCUT2D eigenvalue weighted by Crippen LogP contribution is -2.28. The van der Waals surface area contributed by atoms with Crippen molar-refractivity contribution in [1.29, 1.82) is 0 Å². The molecule has 0 aliphatic rings. The molecule has 0 atom stereocenters. The molecule has 150 valence electrons. The molecule has 0 saturated heterocycles. The Bertz CT molecular complexity index is 834. The molecule has 0 fully saturated rings. The van der Waals surface area contributed by atoms with Crippen molar-refractivity contribution in [2.24, 2.45) is 0 Å². The first kappa shape index (κ1) is 21.3. The van der Waals surface area contributed by atoms with E-state index in [1.54, 1.807) is 12.1 Å². The molecule has 0 radical (unpaired) electrons. The summed E-state index contributed by atoms with van der Waals surface area (Å²) in [6, 6.07) is 3.01. The van der Waals surface area contributed by atoms with E-state index in [0.29, 0.717) is 29.5 Å². The fourth-order valence-corrected chi connectivity index (χ4v) is 3.21. The van der Waals surface area contributed by atoms with Crippen LogP contribution in [-0.2, 0) is 0 Å². The molecule has 0 spiro atoms. The molecular weight excluding hydrogens is 380 g/mol. The van der Waals surface area contributed by atoms with Gasteiger partial charge in [0.05, 0.1) is 0 Å². The smallest absolute Gasteiger partial charge is 0.320 e. The molecule has 4 N–H and O–H groups in total. The van der Waals surface area contributed by atoms with Crippen LogP contribution in [0.5, 0.6) is 0 Å². The van der Waals surface area contributed by atoms with Gasteiger partial charge in [0.1, 0.15) is 15.7 Å². The maximum atomic E-state index is 12.5. The molecular formula is C18H24N6O3S. The maximum absolute atomic E-state index is 12.5. The van der Waals surface area contributed by atoms with Crippen LogP contribution in [0.25, 0.3) is 10.6 Å². The van der Waals surface area contributed by atoms with E-state index in [0.717, 1.165) is 24.2 Å². The summed E-state index contributed by atoms with van der Waals surface area (Å²) in [5, 5.41) is 11.0. The second-order valence-corrected chi connectivity index (χ2v) is 6.80. The first-order valence-corrected chi connectivity index (χ1v) is 9.84. The van der Waals surface area contributed by atoms with Gasteiger partial charge in [0.25, 0.3) is 11.8 Å². The highest BCUT2D eigenvalue weighted by molar-refractivity contribution is 7.17. The van der Waals surface area contributed by atoms with E-state index in [4.69, 9.17) is 0 Å². The number of nitrogens with one attached hydrogen (secondary N) is 4. The maximum Gasteiger partial charge on any atom is 0.320 e.